The Labute approximate surface area is 128 Å². The maximum atomic E-state index is 12.4. The van der Waals surface area contributed by atoms with Gasteiger partial charge in [0, 0.05) is 12.7 Å². The average molecular weight is 300 g/mol. The molecule has 1 unspecified atom stereocenters. The summed E-state index contributed by atoms with van der Waals surface area (Å²) in [5.41, 5.74) is 7.65. The number of methoxy groups -OCH3 is 1. The van der Waals surface area contributed by atoms with Gasteiger partial charge in [0.15, 0.2) is 6.10 Å². The maximum Gasteiger partial charge on any atom is 0.258 e. The number of ether oxygens (including phenoxy) is 1. The van der Waals surface area contributed by atoms with Crippen molar-refractivity contribution >= 4 is 28.8 Å². The summed E-state index contributed by atoms with van der Waals surface area (Å²) in [6.45, 7) is 0. The summed E-state index contributed by atoms with van der Waals surface area (Å²) in [6, 6.07) is 16.4. The summed E-state index contributed by atoms with van der Waals surface area (Å²) in [6.07, 6.45) is -0.689. The smallest absolute Gasteiger partial charge is 0.258 e. The monoisotopic (exact) mass is 300 g/mol. The molecule has 0 saturated heterocycles. The van der Waals surface area contributed by atoms with Gasteiger partial charge in [-0.25, -0.2) is 0 Å². The molecule has 0 saturated carbocycles. The van der Waals surface area contributed by atoms with Gasteiger partial charge >= 0.3 is 0 Å². The van der Waals surface area contributed by atoms with Crippen molar-refractivity contribution in [2.45, 2.75) is 6.10 Å². The third kappa shape index (κ3) is 3.65. The molecule has 108 valence electrons. The number of hydrogen-bond acceptors (Lipinski definition) is 3. The molecular formula is C16H16N2O2S. The van der Waals surface area contributed by atoms with Crippen LogP contribution < -0.4 is 11.1 Å². The van der Waals surface area contributed by atoms with Crippen molar-refractivity contribution in [1.29, 1.82) is 0 Å². The van der Waals surface area contributed by atoms with Crippen molar-refractivity contribution in [2.75, 3.05) is 12.4 Å². The molecule has 1 amide bonds. The summed E-state index contributed by atoms with van der Waals surface area (Å²) < 4.78 is 5.29. The van der Waals surface area contributed by atoms with E-state index in [0.717, 1.165) is 5.56 Å². The Morgan fingerprint density at radius 2 is 1.76 bits per heavy atom. The van der Waals surface area contributed by atoms with Gasteiger partial charge in [-0.1, -0.05) is 54.7 Å². The van der Waals surface area contributed by atoms with E-state index in [1.165, 1.54) is 7.11 Å². The molecule has 0 heterocycles. The lowest BCUT2D eigenvalue weighted by Gasteiger charge is -2.17. The van der Waals surface area contributed by atoms with Crippen LogP contribution >= 0.6 is 12.2 Å². The highest BCUT2D eigenvalue weighted by atomic mass is 32.1. The predicted octanol–water partition coefficient (Wildman–Crippen LogP) is 2.65. The normalized spacial score (nSPS) is 11.7. The highest BCUT2D eigenvalue weighted by molar-refractivity contribution is 7.80. The Bertz CT molecular complexity index is 644. The number of thiocarbonyl (C=S) groups is 1. The number of nitrogens with two attached hydrogens (primary N) is 1. The molecule has 0 bridgehead atoms. The second-order valence-corrected chi connectivity index (χ2v) is 4.87. The van der Waals surface area contributed by atoms with E-state index >= 15 is 0 Å². The van der Waals surface area contributed by atoms with Crippen molar-refractivity contribution in [3.8, 4) is 0 Å². The Morgan fingerprint density at radius 3 is 2.38 bits per heavy atom. The van der Waals surface area contributed by atoms with Crippen LogP contribution in [0.25, 0.3) is 0 Å². The molecule has 0 aliphatic rings. The first-order chi connectivity index (χ1) is 10.1. The number of carbonyl (C=O) groups excluding carboxylic acids is 1. The molecule has 2 aromatic rings. The number of nitrogens with one attached hydrogen (secondary N) is 1. The van der Waals surface area contributed by atoms with Crippen molar-refractivity contribution in [3.63, 3.8) is 0 Å². The van der Waals surface area contributed by atoms with Crippen LogP contribution in [0.4, 0.5) is 5.69 Å². The standard InChI is InChI=1S/C16H16N2O2S/c1-20-14(11-7-3-2-4-8-11)16(19)18-13-10-6-5-9-12(13)15(17)21/h2-10,14H,1H3,(H2,17,21)(H,18,19). The van der Waals surface area contributed by atoms with Gasteiger partial charge in [-0.3, -0.25) is 4.79 Å². The third-order valence-electron chi connectivity index (χ3n) is 3.03. The highest BCUT2D eigenvalue weighted by Crippen LogP contribution is 2.21. The molecule has 2 rings (SSSR count). The molecule has 0 aliphatic carbocycles. The van der Waals surface area contributed by atoms with Gasteiger partial charge in [0.05, 0.1) is 5.69 Å². The van der Waals surface area contributed by atoms with Gasteiger partial charge in [0.1, 0.15) is 4.99 Å². The fourth-order valence-electron chi connectivity index (χ4n) is 2.03. The van der Waals surface area contributed by atoms with E-state index in [9.17, 15) is 4.79 Å². The van der Waals surface area contributed by atoms with Crippen LogP contribution in [0.5, 0.6) is 0 Å². The summed E-state index contributed by atoms with van der Waals surface area (Å²) in [7, 11) is 1.50. The fourth-order valence-corrected chi connectivity index (χ4v) is 2.21. The fraction of sp³-hybridized carbons (Fsp3) is 0.125. The van der Waals surface area contributed by atoms with Crippen molar-refractivity contribution in [1.82, 2.24) is 0 Å². The zero-order valence-electron chi connectivity index (χ0n) is 11.6. The highest BCUT2D eigenvalue weighted by Gasteiger charge is 2.20. The molecule has 0 aliphatic heterocycles. The number of carbonyl (C=O) groups is 1. The molecule has 3 N–H and O–H groups in total. The summed E-state index contributed by atoms with van der Waals surface area (Å²) >= 11 is 4.99. The van der Waals surface area contributed by atoms with E-state index in [-0.39, 0.29) is 10.9 Å². The number of para-hydroxylation sites is 1. The predicted molar refractivity (Wildman–Crippen MR) is 87.2 cm³/mol. The van der Waals surface area contributed by atoms with Crippen molar-refractivity contribution in [2.24, 2.45) is 5.73 Å². The third-order valence-corrected chi connectivity index (χ3v) is 3.25. The molecule has 4 nitrogen and oxygen atoms in total. The van der Waals surface area contributed by atoms with Crippen LogP contribution in [0.3, 0.4) is 0 Å². The Hall–Kier alpha value is -2.24. The number of hydrogen-bond donors (Lipinski definition) is 2. The lowest BCUT2D eigenvalue weighted by Crippen LogP contribution is -2.24. The van der Waals surface area contributed by atoms with Crippen molar-refractivity contribution in [3.05, 3.63) is 65.7 Å². The first-order valence-corrected chi connectivity index (χ1v) is 6.81. The number of rotatable bonds is 5. The Balaban J connectivity index is 2.23. The van der Waals surface area contributed by atoms with Gasteiger partial charge in [-0.2, -0.15) is 0 Å². The Kier molecular flexibility index (Phi) is 5.03. The van der Waals surface area contributed by atoms with E-state index in [1.807, 2.05) is 42.5 Å². The van der Waals surface area contributed by atoms with Crippen LogP contribution in [-0.2, 0) is 9.53 Å². The Morgan fingerprint density at radius 1 is 1.14 bits per heavy atom. The second-order valence-electron chi connectivity index (χ2n) is 4.43. The lowest BCUT2D eigenvalue weighted by atomic mass is 10.1. The minimum absolute atomic E-state index is 0.236. The van der Waals surface area contributed by atoms with E-state index in [1.54, 1.807) is 12.1 Å². The molecule has 5 heteroatoms. The summed E-state index contributed by atoms with van der Waals surface area (Å²) in [5, 5.41) is 2.81. The van der Waals surface area contributed by atoms with Crippen molar-refractivity contribution < 1.29 is 9.53 Å². The largest absolute Gasteiger partial charge is 0.389 e. The van der Waals surface area contributed by atoms with Crippen LogP contribution in [0, 0.1) is 0 Å². The van der Waals surface area contributed by atoms with Crippen LogP contribution in [0.2, 0.25) is 0 Å². The molecule has 21 heavy (non-hydrogen) atoms. The van der Waals surface area contributed by atoms with Crippen LogP contribution in [0.1, 0.15) is 17.2 Å². The van der Waals surface area contributed by atoms with E-state index in [4.69, 9.17) is 22.7 Å². The molecule has 0 fully saturated rings. The first kappa shape index (κ1) is 15.2. The molecule has 0 aromatic heterocycles. The van der Waals surface area contributed by atoms with Gasteiger partial charge < -0.3 is 15.8 Å². The zero-order valence-corrected chi connectivity index (χ0v) is 12.4. The molecule has 1 atom stereocenters. The lowest BCUT2D eigenvalue weighted by molar-refractivity contribution is -0.126. The number of anilines is 1. The number of amides is 1. The molecule has 2 aromatic carbocycles. The summed E-state index contributed by atoms with van der Waals surface area (Å²) in [4.78, 5) is 12.6. The maximum absolute atomic E-state index is 12.4. The summed E-state index contributed by atoms with van der Waals surface area (Å²) in [5.74, 6) is -0.271. The zero-order chi connectivity index (χ0) is 15.2. The molecular weight excluding hydrogens is 284 g/mol. The first-order valence-electron chi connectivity index (χ1n) is 6.41. The van der Waals surface area contributed by atoms with Crippen LogP contribution in [0.15, 0.2) is 54.6 Å². The van der Waals surface area contributed by atoms with E-state index in [2.05, 4.69) is 5.32 Å². The quantitative estimate of drug-likeness (QED) is 0.833. The second kappa shape index (κ2) is 6.97. The minimum atomic E-state index is -0.689. The topological polar surface area (TPSA) is 64.3 Å². The van der Waals surface area contributed by atoms with E-state index < -0.39 is 6.10 Å². The SMILES string of the molecule is COC(C(=O)Nc1ccccc1C(N)=S)c1ccccc1. The minimum Gasteiger partial charge on any atom is -0.389 e. The van der Waals surface area contributed by atoms with Gasteiger partial charge in [-0.05, 0) is 17.7 Å². The van der Waals surface area contributed by atoms with Gasteiger partial charge in [-0.15, -0.1) is 0 Å². The number of benzene rings is 2. The van der Waals surface area contributed by atoms with Gasteiger partial charge in [0.25, 0.3) is 5.91 Å². The van der Waals surface area contributed by atoms with Crippen LogP contribution in [-0.4, -0.2) is 18.0 Å². The molecule has 0 radical (unpaired) electrons. The van der Waals surface area contributed by atoms with E-state index in [0.29, 0.717) is 11.3 Å². The molecule has 0 spiro atoms. The average Bonchev–Trinajstić information content (AvgIpc) is 2.49. The van der Waals surface area contributed by atoms with Gasteiger partial charge in [0.2, 0.25) is 0 Å².